The van der Waals surface area contributed by atoms with Crippen LogP contribution in [0.3, 0.4) is 0 Å². The summed E-state index contributed by atoms with van der Waals surface area (Å²) in [6.07, 6.45) is 3.28. The number of sulfonamides is 2. The molecule has 0 radical (unpaired) electrons. The molecule has 0 aliphatic carbocycles. The van der Waals surface area contributed by atoms with Crippen LogP contribution in [0.25, 0.3) is 16.9 Å². The van der Waals surface area contributed by atoms with Crippen molar-refractivity contribution in [3.05, 3.63) is 89.6 Å². The van der Waals surface area contributed by atoms with Gasteiger partial charge in [0.15, 0.2) is 0 Å². The van der Waals surface area contributed by atoms with Crippen molar-refractivity contribution >= 4 is 43.5 Å². The second-order valence-corrected chi connectivity index (χ2v) is 10.9. The minimum absolute atomic E-state index is 0.00761. The predicted octanol–water partition coefficient (Wildman–Crippen LogP) is 2.93. The number of nitrogens with two attached hydrogens (primary N) is 2. The van der Waals surface area contributed by atoms with Gasteiger partial charge in [0.05, 0.1) is 27.4 Å². The molecule has 10 nitrogen and oxygen atoms in total. The van der Waals surface area contributed by atoms with Crippen molar-refractivity contribution in [2.24, 2.45) is 15.4 Å². The van der Waals surface area contributed by atoms with Gasteiger partial charge in [0.25, 0.3) is 0 Å². The largest absolute Gasteiger partial charge is 0.279 e. The Morgan fingerprint density at radius 2 is 1.37 bits per heavy atom. The van der Waals surface area contributed by atoms with E-state index in [2.05, 4.69) is 15.6 Å². The van der Waals surface area contributed by atoms with Crippen LogP contribution in [0.15, 0.2) is 93.9 Å². The van der Waals surface area contributed by atoms with Gasteiger partial charge in [-0.2, -0.15) is 10.2 Å². The molecule has 0 saturated carbocycles. The Hall–Kier alpha value is -3.55. The smallest absolute Gasteiger partial charge is 0.238 e. The van der Waals surface area contributed by atoms with Gasteiger partial charge < -0.3 is 0 Å². The lowest BCUT2D eigenvalue weighted by Gasteiger charge is -2.03. The Bertz CT molecular complexity index is 1600. The van der Waals surface area contributed by atoms with Gasteiger partial charge in [0.1, 0.15) is 5.69 Å². The first-order valence-electron chi connectivity index (χ1n) is 9.91. The van der Waals surface area contributed by atoms with Crippen LogP contribution in [-0.4, -0.2) is 32.8 Å². The third kappa shape index (κ3) is 5.93. The minimum atomic E-state index is -3.81. The Balaban J connectivity index is 1.65. The molecule has 1 aromatic heterocycles. The molecule has 0 atom stereocenters. The Morgan fingerprint density at radius 3 is 1.91 bits per heavy atom. The molecule has 0 bridgehead atoms. The first-order chi connectivity index (χ1) is 16.5. The number of hydrazone groups is 1. The van der Waals surface area contributed by atoms with Crippen LogP contribution in [-0.2, 0) is 20.0 Å². The highest BCUT2D eigenvalue weighted by molar-refractivity contribution is 7.89. The number of nitrogens with one attached hydrogen (secondary N) is 1. The van der Waals surface area contributed by atoms with Gasteiger partial charge >= 0.3 is 0 Å². The molecule has 4 rings (SSSR count). The maximum Gasteiger partial charge on any atom is 0.238 e. The Kier molecular flexibility index (Phi) is 6.74. The molecular weight excluding hydrogens is 512 g/mol. The Labute approximate surface area is 206 Å². The third-order valence-corrected chi connectivity index (χ3v) is 6.98. The average molecular weight is 531 g/mol. The lowest BCUT2D eigenvalue weighted by molar-refractivity contribution is 0.596. The fourth-order valence-electron chi connectivity index (χ4n) is 3.13. The monoisotopic (exact) mass is 530 g/mol. The second kappa shape index (κ2) is 9.60. The molecule has 1 heterocycles. The van der Waals surface area contributed by atoms with Gasteiger partial charge in [-0.05, 0) is 60.7 Å². The van der Waals surface area contributed by atoms with Gasteiger partial charge in [-0.15, -0.1) is 0 Å². The van der Waals surface area contributed by atoms with E-state index in [4.69, 9.17) is 21.9 Å². The lowest BCUT2D eigenvalue weighted by atomic mass is 10.1. The van der Waals surface area contributed by atoms with E-state index in [1.807, 2.05) is 12.1 Å². The zero-order valence-corrected chi connectivity index (χ0v) is 20.3. The first kappa shape index (κ1) is 24.6. The molecule has 3 aromatic carbocycles. The van der Waals surface area contributed by atoms with Crippen LogP contribution < -0.4 is 15.7 Å². The molecule has 0 amide bonds. The van der Waals surface area contributed by atoms with E-state index < -0.39 is 20.0 Å². The number of hydrogen-bond donors (Lipinski definition) is 3. The molecule has 180 valence electrons. The summed E-state index contributed by atoms with van der Waals surface area (Å²) in [5.41, 5.74) is 6.03. The van der Waals surface area contributed by atoms with E-state index in [0.717, 1.165) is 5.56 Å². The van der Waals surface area contributed by atoms with Crippen LogP contribution in [0.5, 0.6) is 0 Å². The van der Waals surface area contributed by atoms with Crippen LogP contribution in [0.4, 0.5) is 5.69 Å². The summed E-state index contributed by atoms with van der Waals surface area (Å²) < 4.78 is 47.5. The molecule has 5 N–H and O–H groups in total. The summed E-state index contributed by atoms with van der Waals surface area (Å²) >= 11 is 6.02. The number of benzene rings is 3. The fourth-order valence-corrected chi connectivity index (χ4v) is 4.29. The highest BCUT2D eigenvalue weighted by Crippen LogP contribution is 2.25. The van der Waals surface area contributed by atoms with Crippen LogP contribution in [0.1, 0.15) is 5.56 Å². The molecular formula is C22H19ClN6O4S2. The summed E-state index contributed by atoms with van der Waals surface area (Å²) in [6.45, 7) is 0. The van der Waals surface area contributed by atoms with Crippen molar-refractivity contribution in [2.45, 2.75) is 9.79 Å². The number of nitrogens with zero attached hydrogens (tertiary/aromatic N) is 3. The third-order valence-electron chi connectivity index (χ3n) is 4.87. The predicted molar refractivity (Wildman–Crippen MR) is 134 cm³/mol. The van der Waals surface area contributed by atoms with Gasteiger partial charge in [-0.1, -0.05) is 23.7 Å². The quantitative estimate of drug-likeness (QED) is 0.246. The van der Waals surface area contributed by atoms with Crippen LogP contribution >= 0.6 is 11.6 Å². The number of rotatable bonds is 7. The second-order valence-electron chi connectivity index (χ2n) is 7.36. The van der Waals surface area contributed by atoms with Crippen molar-refractivity contribution in [1.82, 2.24) is 9.78 Å². The van der Waals surface area contributed by atoms with Crippen LogP contribution in [0, 0.1) is 0 Å². The van der Waals surface area contributed by atoms with E-state index in [1.165, 1.54) is 36.4 Å². The minimum Gasteiger partial charge on any atom is -0.279 e. The molecule has 4 aromatic rings. The molecule has 0 unspecified atom stereocenters. The highest BCUT2D eigenvalue weighted by Gasteiger charge is 2.13. The normalized spacial score (nSPS) is 12.2. The van der Waals surface area contributed by atoms with E-state index >= 15 is 0 Å². The number of aromatic nitrogens is 2. The fraction of sp³-hybridized carbons (Fsp3) is 0. The van der Waals surface area contributed by atoms with E-state index in [9.17, 15) is 16.8 Å². The molecule has 35 heavy (non-hydrogen) atoms. The maximum atomic E-state index is 11.5. The van der Waals surface area contributed by atoms with E-state index in [1.54, 1.807) is 41.4 Å². The van der Waals surface area contributed by atoms with Gasteiger partial charge in [-0.25, -0.2) is 31.8 Å². The SMILES string of the molecule is NS(=O)(=O)c1ccc(N/N=C/c2cn(-c3ccc(S(N)(=O)=O)cc3)nc2-c2ccc(Cl)cc2)cc1. The van der Waals surface area contributed by atoms with Gasteiger partial charge in [-0.3, -0.25) is 5.43 Å². The zero-order chi connectivity index (χ0) is 25.2. The Morgan fingerprint density at radius 1 is 0.829 bits per heavy atom. The summed E-state index contributed by atoms with van der Waals surface area (Å²) in [7, 11) is -7.60. The van der Waals surface area contributed by atoms with Crippen molar-refractivity contribution in [3.63, 3.8) is 0 Å². The molecule has 0 fully saturated rings. The van der Waals surface area contributed by atoms with Crippen LogP contribution in [0.2, 0.25) is 5.02 Å². The number of primary sulfonamides is 2. The van der Waals surface area contributed by atoms with Gasteiger partial charge in [0, 0.05) is 22.3 Å². The molecule has 13 heteroatoms. The summed E-state index contributed by atoms with van der Waals surface area (Å²) in [5.74, 6) is 0. The standard InChI is InChI=1S/C22H19ClN6O4S2/c23-17-3-1-15(2-4-17)22-16(13-26-27-18-5-9-20(10-6-18)34(24,30)31)14-29(28-22)19-7-11-21(12-8-19)35(25,32)33/h1-14,27H,(H2,24,30,31)(H2,25,32,33)/b26-13+. The van der Waals surface area contributed by atoms with Gasteiger partial charge in [0.2, 0.25) is 20.0 Å². The van der Waals surface area contributed by atoms with Crippen molar-refractivity contribution in [3.8, 4) is 16.9 Å². The molecule has 0 aliphatic rings. The highest BCUT2D eigenvalue weighted by atomic mass is 35.5. The first-order valence-corrected chi connectivity index (χ1v) is 13.4. The number of halogens is 1. The van der Waals surface area contributed by atoms with E-state index in [0.29, 0.717) is 27.7 Å². The summed E-state index contributed by atoms with van der Waals surface area (Å²) in [5, 5.41) is 19.7. The van der Waals surface area contributed by atoms with Crippen molar-refractivity contribution in [2.75, 3.05) is 5.43 Å². The van der Waals surface area contributed by atoms with E-state index in [-0.39, 0.29) is 9.79 Å². The summed E-state index contributed by atoms with van der Waals surface area (Å²) in [4.78, 5) is -0.0162. The van der Waals surface area contributed by atoms with Crippen molar-refractivity contribution < 1.29 is 16.8 Å². The average Bonchev–Trinajstić information content (AvgIpc) is 3.23. The molecule has 0 aliphatic heterocycles. The maximum absolute atomic E-state index is 11.5. The number of hydrogen-bond acceptors (Lipinski definition) is 7. The zero-order valence-electron chi connectivity index (χ0n) is 17.9. The molecule has 0 spiro atoms. The molecule has 0 saturated heterocycles. The van der Waals surface area contributed by atoms with Crippen molar-refractivity contribution in [1.29, 1.82) is 0 Å². The topological polar surface area (TPSA) is 163 Å². The summed E-state index contributed by atoms with van der Waals surface area (Å²) in [6, 6.07) is 18.9. The lowest BCUT2D eigenvalue weighted by Crippen LogP contribution is -2.12. The number of anilines is 1.